The Balaban J connectivity index is 3.89. The molecule has 0 unspecified atom stereocenters. The Bertz CT molecular complexity index is 160. The molecule has 0 amide bonds. The van der Waals surface area contributed by atoms with E-state index in [1.165, 1.54) is 6.20 Å². The minimum Gasteiger partial charge on any atom is -0.353 e. The molecule has 0 rings (SSSR count). The maximum absolute atomic E-state index is 5.27. The molecule has 0 heterocycles. The summed E-state index contributed by atoms with van der Waals surface area (Å²) in [6, 6.07) is 0. The van der Waals surface area contributed by atoms with Crippen LogP contribution in [-0.2, 0) is 0 Å². The number of nitrogens with two attached hydrogens (primary N) is 1. The number of aliphatic imine (C=N–C) groups is 2. The fraction of sp³-hybridized carbons (Fsp3) is 0.429. The van der Waals surface area contributed by atoms with Crippen molar-refractivity contribution in [2.45, 2.75) is 6.92 Å². The highest BCUT2D eigenvalue weighted by Crippen LogP contribution is 1.76. The van der Waals surface area contributed by atoms with Crippen LogP contribution in [-0.4, -0.2) is 25.3 Å². The topological polar surface area (TPSA) is 62.8 Å². The first-order valence-electron chi connectivity index (χ1n) is 3.46. The van der Waals surface area contributed by atoms with Crippen LogP contribution in [0.25, 0.3) is 0 Å². The van der Waals surface area contributed by atoms with Gasteiger partial charge in [0.1, 0.15) is 0 Å². The second-order valence-electron chi connectivity index (χ2n) is 1.74. The number of guanidine groups is 1. The largest absolute Gasteiger partial charge is 0.353 e. The van der Waals surface area contributed by atoms with Gasteiger partial charge in [0.15, 0.2) is 0 Å². The third-order valence-corrected chi connectivity index (χ3v) is 0.892. The normalized spacial score (nSPS) is 12.0. The molecule has 11 heavy (non-hydrogen) atoms. The fourth-order valence-corrected chi connectivity index (χ4v) is 0.517. The molecule has 0 aromatic carbocycles. The zero-order valence-corrected chi connectivity index (χ0v) is 6.75. The van der Waals surface area contributed by atoms with Crippen molar-refractivity contribution in [3.8, 4) is 0 Å². The molecule has 0 aliphatic rings. The van der Waals surface area contributed by atoms with Gasteiger partial charge >= 0.3 is 0 Å². The van der Waals surface area contributed by atoms with E-state index in [-0.39, 0.29) is 0 Å². The summed E-state index contributed by atoms with van der Waals surface area (Å²) in [6.07, 6.45) is 3.09. The lowest BCUT2D eigenvalue weighted by atomic mass is 10.6. The molecule has 0 aliphatic carbocycles. The zero-order valence-electron chi connectivity index (χ0n) is 6.75. The van der Waals surface area contributed by atoms with Gasteiger partial charge in [-0.05, 0) is 6.92 Å². The monoisotopic (exact) mass is 154 g/mol. The molecule has 0 fully saturated rings. The van der Waals surface area contributed by atoms with Crippen LogP contribution in [0.5, 0.6) is 0 Å². The zero-order chi connectivity index (χ0) is 8.53. The Hall–Kier alpha value is -1.16. The molecule has 62 valence electrons. The van der Waals surface area contributed by atoms with E-state index in [0.29, 0.717) is 19.0 Å². The van der Waals surface area contributed by atoms with Crippen LogP contribution in [0.3, 0.4) is 0 Å². The molecule has 0 spiro atoms. The molecule has 4 nitrogen and oxygen atoms in total. The van der Waals surface area contributed by atoms with Gasteiger partial charge in [-0.25, -0.2) is 9.98 Å². The van der Waals surface area contributed by atoms with Crippen molar-refractivity contribution in [2.24, 2.45) is 15.7 Å². The number of hydrogen-bond acceptors (Lipinski definition) is 2. The lowest BCUT2D eigenvalue weighted by molar-refractivity contribution is 0.869. The van der Waals surface area contributed by atoms with Crippen molar-refractivity contribution in [1.82, 2.24) is 5.32 Å². The second kappa shape index (κ2) is 6.95. The van der Waals surface area contributed by atoms with Crippen LogP contribution in [0.1, 0.15) is 6.92 Å². The standard InChI is InChI=1S/C7H14N4/c1-3-9-7(10-4-2)11-6-5-8/h3-4H,1,5-6,8H2,2H3,(H,9,11)/b10-4-. The van der Waals surface area contributed by atoms with E-state index in [0.717, 1.165) is 0 Å². The van der Waals surface area contributed by atoms with Crippen molar-refractivity contribution in [1.29, 1.82) is 0 Å². The second-order valence-corrected chi connectivity index (χ2v) is 1.74. The van der Waals surface area contributed by atoms with Crippen molar-refractivity contribution in [2.75, 3.05) is 13.1 Å². The summed E-state index contributed by atoms with van der Waals surface area (Å²) in [4.78, 5) is 7.81. The van der Waals surface area contributed by atoms with Crippen LogP contribution >= 0.6 is 0 Å². The average molecular weight is 154 g/mol. The molecule has 0 bridgehead atoms. The molecule has 0 atom stereocenters. The third-order valence-electron chi connectivity index (χ3n) is 0.892. The Morgan fingerprint density at radius 2 is 2.45 bits per heavy atom. The molecule has 0 aliphatic heterocycles. The minimum atomic E-state index is 0.549. The van der Waals surface area contributed by atoms with E-state index < -0.39 is 0 Å². The van der Waals surface area contributed by atoms with Crippen molar-refractivity contribution in [3.63, 3.8) is 0 Å². The lowest BCUT2D eigenvalue weighted by Crippen LogP contribution is -2.27. The van der Waals surface area contributed by atoms with Crippen LogP contribution < -0.4 is 11.1 Å². The molecule has 0 saturated heterocycles. The van der Waals surface area contributed by atoms with Gasteiger partial charge in [-0.3, -0.25) is 0 Å². The van der Waals surface area contributed by atoms with Crippen molar-refractivity contribution in [3.05, 3.63) is 12.8 Å². The molecular formula is C7H14N4. The van der Waals surface area contributed by atoms with E-state index >= 15 is 0 Å². The molecule has 0 aromatic rings. The quantitative estimate of drug-likeness (QED) is 0.448. The van der Waals surface area contributed by atoms with Gasteiger partial charge in [0.05, 0.1) is 0 Å². The van der Waals surface area contributed by atoms with Crippen LogP contribution in [0.15, 0.2) is 22.8 Å². The van der Waals surface area contributed by atoms with Crippen LogP contribution in [0, 0.1) is 0 Å². The fourth-order valence-electron chi connectivity index (χ4n) is 0.517. The summed E-state index contributed by atoms with van der Waals surface area (Å²) in [5.74, 6) is 0.549. The molecule has 4 heteroatoms. The highest BCUT2D eigenvalue weighted by Gasteiger charge is 1.88. The van der Waals surface area contributed by atoms with E-state index in [4.69, 9.17) is 5.73 Å². The summed E-state index contributed by atoms with van der Waals surface area (Å²) >= 11 is 0. The Kier molecular flexibility index (Phi) is 6.22. The molecule has 0 saturated carbocycles. The average Bonchev–Trinajstić information content (AvgIpc) is 2.01. The first kappa shape index (κ1) is 9.84. The van der Waals surface area contributed by atoms with E-state index in [1.54, 1.807) is 6.21 Å². The molecular weight excluding hydrogens is 140 g/mol. The number of rotatable bonds is 3. The van der Waals surface area contributed by atoms with Crippen LogP contribution in [0.2, 0.25) is 0 Å². The summed E-state index contributed by atoms with van der Waals surface area (Å²) in [6.45, 7) is 6.52. The first-order valence-corrected chi connectivity index (χ1v) is 3.46. The third kappa shape index (κ3) is 5.29. The van der Waals surface area contributed by atoms with E-state index in [1.807, 2.05) is 6.92 Å². The molecule has 0 radical (unpaired) electrons. The summed E-state index contributed by atoms with van der Waals surface area (Å²) in [5, 5.41) is 2.93. The predicted octanol–water partition coefficient (Wildman–Crippen LogP) is 0.125. The number of hydrogen-bond donors (Lipinski definition) is 2. The Morgan fingerprint density at radius 1 is 1.73 bits per heavy atom. The van der Waals surface area contributed by atoms with Gasteiger partial charge in [0.25, 0.3) is 0 Å². The van der Waals surface area contributed by atoms with E-state index in [2.05, 4.69) is 21.9 Å². The van der Waals surface area contributed by atoms with Crippen LogP contribution in [0.4, 0.5) is 0 Å². The van der Waals surface area contributed by atoms with Gasteiger partial charge in [0.2, 0.25) is 5.96 Å². The van der Waals surface area contributed by atoms with Crippen molar-refractivity contribution < 1.29 is 0 Å². The van der Waals surface area contributed by atoms with E-state index in [9.17, 15) is 0 Å². The SMILES string of the molecule is C=C/N=C(\N=C/C)NCCN. The summed E-state index contributed by atoms with van der Waals surface area (Å²) in [7, 11) is 0. The number of nitrogens with one attached hydrogen (secondary N) is 1. The maximum atomic E-state index is 5.27. The minimum absolute atomic E-state index is 0.549. The summed E-state index contributed by atoms with van der Waals surface area (Å²) < 4.78 is 0. The lowest BCUT2D eigenvalue weighted by Gasteiger charge is -2.00. The van der Waals surface area contributed by atoms with Gasteiger partial charge in [0, 0.05) is 25.5 Å². The highest BCUT2D eigenvalue weighted by atomic mass is 15.1. The highest BCUT2D eigenvalue weighted by molar-refractivity contribution is 5.87. The molecule has 0 aromatic heterocycles. The van der Waals surface area contributed by atoms with Crippen molar-refractivity contribution >= 4 is 12.2 Å². The first-order chi connectivity index (χ1) is 5.35. The maximum Gasteiger partial charge on any atom is 0.222 e. The van der Waals surface area contributed by atoms with Gasteiger partial charge < -0.3 is 11.1 Å². The molecule has 3 N–H and O–H groups in total. The smallest absolute Gasteiger partial charge is 0.222 e. The van der Waals surface area contributed by atoms with Gasteiger partial charge in [-0.2, -0.15) is 0 Å². The predicted molar refractivity (Wildman–Crippen MR) is 48.9 cm³/mol. The van der Waals surface area contributed by atoms with Gasteiger partial charge in [-0.1, -0.05) is 6.58 Å². The number of nitrogens with zero attached hydrogens (tertiary/aromatic N) is 2. The Morgan fingerprint density at radius 3 is 2.91 bits per heavy atom. The Labute approximate surface area is 66.9 Å². The van der Waals surface area contributed by atoms with Gasteiger partial charge in [-0.15, -0.1) is 0 Å². The summed E-state index contributed by atoms with van der Waals surface area (Å²) in [5.41, 5.74) is 5.27.